The number of hydrogen-bond acceptors (Lipinski definition) is 2. The maximum absolute atomic E-state index is 13.3. The van der Waals surface area contributed by atoms with Gasteiger partial charge < -0.3 is 15.1 Å². The fourth-order valence-corrected chi connectivity index (χ4v) is 3.30. The first-order chi connectivity index (χ1) is 12.0. The minimum atomic E-state index is -0.325. The molecule has 1 aliphatic carbocycles. The van der Waals surface area contributed by atoms with Crippen molar-refractivity contribution in [3.63, 3.8) is 0 Å². The number of nitrogens with one attached hydrogen (secondary N) is 1. The average molecular weight is 347 g/mol. The summed E-state index contributed by atoms with van der Waals surface area (Å²) in [6, 6.07) is 6.35. The van der Waals surface area contributed by atoms with Gasteiger partial charge in [0.25, 0.3) is 0 Å². The molecule has 0 bridgehead atoms. The van der Waals surface area contributed by atoms with E-state index in [4.69, 9.17) is 0 Å². The van der Waals surface area contributed by atoms with Crippen LogP contribution in [-0.4, -0.2) is 54.0 Å². The number of halogens is 1. The molecule has 136 valence electrons. The number of nitrogens with zero attached hydrogens (tertiary/aromatic N) is 2. The molecular weight excluding hydrogens is 321 g/mol. The molecular formula is C19H26FN3O2. The summed E-state index contributed by atoms with van der Waals surface area (Å²) in [6.07, 6.45) is 3.36. The number of rotatable bonds is 4. The van der Waals surface area contributed by atoms with Gasteiger partial charge in [0.2, 0.25) is 5.91 Å². The molecule has 3 rings (SSSR count). The van der Waals surface area contributed by atoms with E-state index in [2.05, 4.69) is 12.2 Å². The molecule has 1 saturated heterocycles. The van der Waals surface area contributed by atoms with E-state index in [1.807, 2.05) is 0 Å². The Labute approximate surface area is 148 Å². The van der Waals surface area contributed by atoms with Crippen molar-refractivity contribution < 1.29 is 14.0 Å². The summed E-state index contributed by atoms with van der Waals surface area (Å²) in [5.74, 6) is 0.285. The van der Waals surface area contributed by atoms with E-state index in [9.17, 15) is 14.0 Å². The molecule has 1 N–H and O–H groups in total. The topological polar surface area (TPSA) is 52.7 Å². The standard InChI is InChI=1S/C19H26FN3O2/c1-14(16-6-7-16)21-19(25)23-9-3-8-22(10-11-23)18(24)13-15-4-2-5-17(20)12-15/h2,4-5,12,14,16H,3,6-11,13H2,1H3,(H,21,25)/t14-/m0/s1. The maximum Gasteiger partial charge on any atom is 0.317 e. The van der Waals surface area contributed by atoms with E-state index in [1.54, 1.807) is 21.9 Å². The second-order valence-electron chi connectivity index (χ2n) is 7.10. The van der Waals surface area contributed by atoms with Crippen molar-refractivity contribution in [2.24, 2.45) is 5.92 Å². The van der Waals surface area contributed by atoms with Gasteiger partial charge in [-0.2, -0.15) is 0 Å². The third-order valence-electron chi connectivity index (χ3n) is 5.06. The Hall–Kier alpha value is -2.11. The van der Waals surface area contributed by atoms with E-state index in [0.29, 0.717) is 37.7 Å². The third kappa shape index (κ3) is 4.94. The zero-order valence-corrected chi connectivity index (χ0v) is 14.7. The summed E-state index contributed by atoms with van der Waals surface area (Å²) in [5.41, 5.74) is 0.683. The van der Waals surface area contributed by atoms with Crippen LogP contribution in [0.3, 0.4) is 0 Å². The normalized spacial score (nSPS) is 19.3. The lowest BCUT2D eigenvalue weighted by molar-refractivity contribution is -0.130. The number of carbonyl (C=O) groups is 2. The van der Waals surface area contributed by atoms with E-state index in [1.165, 1.54) is 25.0 Å². The monoisotopic (exact) mass is 347 g/mol. The molecule has 5 nitrogen and oxygen atoms in total. The molecule has 1 heterocycles. The van der Waals surface area contributed by atoms with Crippen LogP contribution in [0.25, 0.3) is 0 Å². The number of hydrogen-bond donors (Lipinski definition) is 1. The van der Waals surface area contributed by atoms with Crippen molar-refractivity contribution >= 4 is 11.9 Å². The van der Waals surface area contributed by atoms with Crippen LogP contribution in [0.1, 0.15) is 31.7 Å². The third-order valence-corrected chi connectivity index (χ3v) is 5.06. The summed E-state index contributed by atoms with van der Waals surface area (Å²) >= 11 is 0. The second-order valence-corrected chi connectivity index (χ2v) is 7.10. The average Bonchev–Trinajstić information content (AvgIpc) is 3.41. The summed E-state index contributed by atoms with van der Waals surface area (Å²) in [4.78, 5) is 28.4. The van der Waals surface area contributed by atoms with Crippen LogP contribution in [0.5, 0.6) is 0 Å². The maximum atomic E-state index is 13.3. The molecule has 0 aromatic heterocycles. The van der Waals surface area contributed by atoms with Crippen LogP contribution < -0.4 is 5.32 Å². The van der Waals surface area contributed by atoms with Crippen molar-refractivity contribution in [2.45, 2.75) is 38.6 Å². The molecule has 0 unspecified atom stereocenters. The largest absolute Gasteiger partial charge is 0.341 e. The Balaban J connectivity index is 1.50. The van der Waals surface area contributed by atoms with E-state index in [0.717, 1.165) is 6.42 Å². The first-order valence-corrected chi connectivity index (χ1v) is 9.10. The molecule has 0 radical (unpaired) electrons. The summed E-state index contributed by atoms with van der Waals surface area (Å²) < 4.78 is 13.3. The predicted octanol–water partition coefficient (Wildman–Crippen LogP) is 2.41. The Kier molecular flexibility index (Phi) is 5.56. The highest BCUT2D eigenvalue weighted by atomic mass is 19.1. The van der Waals surface area contributed by atoms with Gasteiger partial charge in [0.1, 0.15) is 5.82 Å². The van der Waals surface area contributed by atoms with E-state index < -0.39 is 0 Å². The Morgan fingerprint density at radius 2 is 1.92 bits per heavy atom. The van der Waals surface area contributed by atoms with Gasteiger partial charge in [0.05, 0.1) is 6.42 Å². The van der Waals surface area contributed by atoms with Gasteiger partial charge in [-0.3, -0.25) is 4.79 Å². The van der Waals surface area contributed by atoms with Gasteiger partial charge >= 0.3 is 6.03 Å². The molecule has 25 heavy (non-hydrogen) atoms. The number of carbonyl (C=O) groups excluding carboxylic acids is 2. The number of benzene rings is 1. The van der Waals surface area contributed by atoms with Crippen LogP contribution in [-0.2, 0) is 11.2 Å². The highest BCUT2D eigenvalue weighted by molar-refractivity contribution is 5.79. The number of amides is 3. The predicted molar refractivity (Wildman–Crippen MR) is 93.6 cm³/mol. The minimum absolute atomic E-state index is 0.0146. The lowest BCUT2D eigenvalue weighted by Crippen LogP contribution is -2.46. The minimum Gasteiger partial charge on any atom is -0.341 e. The Bertz CT molecular complexity index is 633. The fraction of sp³-hybridized carbons (Fsp3) is 0.579. The van der Waals surface area contributed by atoms with Crippen LogP contribution in [0.15, 0.2) is 24.3 Å². The van der Waals surface area contributed by atoms with E-state index >= 15 is 0 Å². The molecule has 1 aliphatic heterocycles. The smallest absolute Gasteiger partial charge is 0.317 e. The van der Waals surface area contributed by atoms with Crippen LogP contribution in [0.4, 0.5) is 9.18 Å². The molecule has 3 amide bonds. The molecule has 2 fully saturated rings. The number of urea groups is 1. The van der Waals surface area contributed by atoms with Crippen LogP contribution in [0.2, 0.25) is 0 Å². The van der Waals surface area contributed by atoms with Gasteiger partial charge in [0.15, 0.2) is 0 Å². The first kappa shape index (κ1) is 17.7. The first-order valence-electron chi connectivity index (χ1n) is 9.10. The van der Waals surface area contributed by atoms with Crippen molar-refractivity contribution in [2.75, 3.05) is 26.2 Å². The Morgan fingerprint density at radius 1 is 1.20 bits per heavy atom. The molecule has 0 spiro atoms. The second kappa shape index (κ2) is 7.85. The summed E-state index contributed by atoms with van der Waals surface area (Å²) in [7, 11) is 0. The van der Waals surface area contributed by atoms with Gasteiger partial charge in [-0.1, -0.05) is 12.1 Å². The highest BCUT2D eigenvalue weighted by Gasteiger charge is 2.30. The molecule has 1 aromatic rings. The van der Waals surface area contributed by atoms with Gasteiger partial charge in [-0.05, 0) is 49.8 Å². The SMILES string of the molecule is C[C@H](NC(=O)N1CCCN(C(=O)Cc2cccc(F)c2)CC1)C1CC1. The van der Waals surface area contributed by atoms with Crippen molar-refractivity contribution in [3.8, 4) is 0 Å². The van der Waals surface area contributed by atoms with Gasteiger partial charge in [0, 0.05) is 32.2 Å². The fourth-order valence-electron chi connectivity index (χ4n) is 3.30. The quantitative estimate of drug-likeness (QED) is 0.909. The summed E-state index contributed by atoms with van der Waals surface area (Å²) in [6.45, 7) is 4.42. The highest BCUT2D eigenvalue weighted by Crippen LogP contribution is 2.32. The van der Waals surface area contributed by atoms with Crippen molar-refractivity contribution in [1.82, 2.24) is 15.1 Å². The molecule has 6 heteroatoms. The van der Waals surface area contributed by atoms with Crippen molar-refractivity contribution in [1.29, 1.82) is 0 Å². The van der Waals surface area contributed by atoms with Crippen LogP contribution in [0, 0.1) is 11.7 Å². The van der Waals surface area contributed by atoms with Crippen LogP contribution >= 0.6 is 0 Å². The summed E-state index contributed by atoms with van der Waals surface area (Å²) in [5, 5.41) is 3.07. The zero-order valence-electron chi connectivity index (χ0n) is 14.7. The lowest BCUT2D eigenvalue weighted by atomic mass is 10.1. The molecule has 1 atom stereocenters. The zero-order chi connectivity index (χ0) is 17.8. The Morgan fingerprint density at radius 3 is 2.64 bits per heavy atom. The van der Waals surface area contributed by atoms with Gasteiger partial charge in [-0.15, -0.1) is 0 Å². The lowest BCUT2D eigenvalue weighted by Gasteiger charge is -2.24. The molecule has 1 saturated carbocycles. The van der Waals surface area contributed by atoms with Gasteiger partial charge in [-0.25, -0.2) is 9.18 Å². The molecule has 2 aliphatic rings. The van der Waals surface area contributed by atoms with E-state index in [-0.39, 0.29) is 30.2 Å². The van der Waals surface area contributed by atoms with Crippen molar-refractivity contribution in [3.05, 3.63) is 35.6 Å². The molecule has 1 aromatic carbocycles.